The van der Waals surface area contributed by atoms with Gasteiger partial charge in [0.1, 0.15) is 0 Å². The average Bonchev–Trinajstić information content (AvgIpc) is 1.56. The van der Waals surface area contributed by atoms with Gasteiger partial charge in [0.2, 0.25) is 11.9 Å². The van der Waals surface area contributed by atoms with Crippen molar-refractivity contribution in [2.45, 2.75) is 38.5 Å². The Hall–Kier alpha value is -11.7. The van der Waals surface area contributed by atoms with E-state index in [0.717, 1.165) is 61.3 Å². The van der Waals surface area contributed by atoms with E-state index in [1.165, 1.54) is 82.7 Å². The highest BCUT2D eigenvalue weighted by Gasteiger charge is 2.38. The van der Waals surface area contributed by atoms with E-state index in [1.807, 2.05) is 42.5 Å². The molecule has 436 valence electrons. The van der Waals surface area contributed by atoms with Gasteiger partial charge in [0.25, 0.3) is 0 Å². The normalized spacial score (nSPS) is 13.2. The third-order valence-electron chi connectivity index (χ3n) is 19.1. The van der Waals surface area contributed by atoms with E-state index in [0.29, 0.717) is 23.5 Å². The minimum atomic E-state index is -0.139. The van der Waals surface area contributed by atoms with Crippen molar-refractivity contribution in [3.05, 3.63) is 320 Å². The Labute approximate surface area is 534 Å². The molecule has 0 N–H and O–H groups in total. The second-order valence-electron chi connectivity index (χ2n) is 25.2. The highest BCUT2D eigenvalue weighted by atomic mass is 15.2. The zero-order chi connectivity index (χ0) is 61.7. The van der Waals surface area contributed by atoms with E-state index in [2.05, 4.69) is 292 Å². The third kappa shape index (κ3) is 8.98. The fourth-order valence-electron chi connectivity index (χ4n) is 14.4. The number of benzene rings is 12. The fraction of sp³-hybridized carbons (Fsp3) is 0.0706. The van der Waals surface area contributed by atoms with Gasteiger partial charge in [-0.1, -0.05) is 270 Å². The van der Waals surface area contributed by atoms with Gasteiger partial charge in [0.05, 0.1) is 33.5 Å². The van der Waals surface area contributed by atoms with Crippen LogP contribution in [-0.4, -0.2) is 34.1 Å². The number of rotatable bonds is 8. The second kappa shape index (κ2) is 21.5. The van der Waals surface area contributed by atoms with E-state index in [4.69, 9.17) is 24.9 Å². The number of hydrogen-bond acceptors (Lipinski definition) is 5. The lowest BCUT2D eigenvalue weighted by atomic mass is 9.82. The Morgan fingerprint density at radius 3 is 1.16 bits per heavy atom. The molecule has 16 aromatic rings. The number of nitrogens with zero attached hydrogens (tertiary/aromatic N) is 7. The zero-order valence-electron chi connectivity index (χ0n) is 51.4. The standard InChI is InChI=1S/C43H31N3.C42H30N4/c1-43(2)36-22-11-9-20-32(36)34-25-35-33-21-10-12-23-40(33)46(41(35)26-37(34)43)42-44-38(29-16-7-4-8-17-29)27-39(45-42)31-19-13-18-30(24-31)28-14-5-3-6-15-28;1-42(2)35-21-13-12-20-31(35)32-25-34-33-24-30(27-14-6-3-7-15-27)22-23-37(33)46(38(34)26-36(32)42)41-44-39(28-16-8-4-9-17-28)43-40(45-41)29-18-10-5-11-19-29/h3-27H,1-2H3;3-26H,1-2H3. The smallest absolute Gasteiger partial charge is 0.238 e. The summed E-state index contributed by atoms with van der Waals surface area (Å²) in [6, 6.07) is 105. The van der Waals surface area contributed by atoms with Crippen molar-refractivity contribution in [2.24, 2.45) is 0 Å². The van der Waals surface area contributed by atoms with Crippen molar-refractivity contribution in [2.75, 3.05) is 0 Å². The predicted molar refractivity (Wildman–Crippen MR) is 378 cm³/mol. The zero-order valence-corrected chi connectivity index (χ0v) is 51.4. The molecule has 18 rings (SSSR count). The highest BCUT2D eigenvalue weighted by molar-refractivity contribution is 6.13. The molecule has 0 radical (unpaired) electrons. The van der Waals surface area contributed by atoms with Crippen LogP contribution in [0.4, 0.5) is 0 Å². The summed E-state index contributed by atoms with van der Waals surface area (Å²) < 4.78 is 4.50. The van der Waals surface area contributed by atoms with Gasteiger partial charge in [-0.3, -0.25) is 9.13 Å². The molecule has 0 saturated heterocycles. The molecule has 2 aliphatic rings. The van der Waals surface area contributed by atoms with E-state index >= 15 is 0 Å². The summed E-state index contributed by atoms with van der Waals surface area (Å²) in [7, 11) is 0. The van der Waals surface area contributed by atoms with Crippen LogP contribution in [0.2, 0.25) is 0 Å². The first-order valence-corrected chi connectivity index (χ1v) is 31.6. The number of para-hydroxylation sites is 1. The molecule has 4 heterocycles. The lowest BCUT2D eigenvalue weighted by Gasteiger charge is -2.21. The molecule has 0 spiro atoms. The van der Waals surface area contributed by atoms with Crippen molar-refractivity contribution in [3.63, 3.8) is 0 Å². The third-order valence-corrected chi connectivity index (χ3v) is 19.1. The largest absolute Gasteiger partial charge is 0.278 e. The predicted octanol–water partition coefficient (Wildman–Crippen LogP) is 21.2. The summed E-state index contributed by atoms with van der Waals surface area (Å²) in [5.74, 6) is 2.57. The molecule has 0 unspecified atom stereocenters. The van der Waals surface area contributed by atoms with Crippen LogP contribution in [0, 0.1) is 0 Å². The second-order valence-corrected chi connectivity index (χ2v) is 25.2. The lowest BCUT2D eigenvalue weighted by molar-refractivity contribution is 0.660. The monoisotopic (exact) mass is 1180 g/mol. The minimum Gasteiger partial charge on any atom is -0.278 e. The summed E-state index contributed by atoms with van der Waals surface area (Å²) in [6.45, 7) is 9.32. The molecular formula is C85H61N7. The Balaban J connectivity index is 0.000000141. The molecule has 0 atom stereocenters. The van der Waals surface area contributed by atoms with E-state index in [-0.39, 0.29) is 10.8 Å². The molecule has 7 nitrogen and oxygen atoms in total. The van der Waals surface area contributed by atoms with Gasteiger partial charge >= 0.3 is 0 Å². The fourth-order valence-corrected chi connectivity index (χ4v) is 14.4. The summed E-state index contributed by atoms with van der Waals surface area (Å²) in [5.41, 5.74) is 25.2. The quantitative estimate of drug-likeness (QED) is 0.152. The average molecular weight is 1180 g/mol. The topological polar surface area (TPSA) is 74.3 Å². The maximum absolute atomic E-state index is 5.33. The number of fused-ring (bicyclic) bond motifs is 12. The van der Waals surface area contributed by atoms with Crippen molar-refractivity contribution in [1.82, 2.24) is 34.1 Å². The molecule has 0 bridgehead atoms. The van der Waals surface area contributed by atoms with Crippen molar-refractivity contribution in [1.29, 1.82) is 0 Å². The minimum absolute atomic E-state index is 0.114. The maximum atomic E-state index is 5.33. The highest BCUT2D eigenvalue weighted by Crippen LogP contribution is 2.53. The van der Waals surface area contributed by atoms with Crippen molar-refractivity contribution in [3.8, 4) is 102 Å². The number of hydrogen-bond donors (Lipinski definition) is 0. The lowest BCUT2D eigenvalue weighted by Crippen LogP contribution is -2.15. The Bertz CT molecular complexity index is 5500. The molecule has 2 aliphatic carbocycles. The van der Waals surface area contributed by atoms with E-state index in [1.54, 1.807) is 0 Å². The molecule has 4 aromatic heterocycles. The van der Waals surface area contributed by atoms with E-state index < -0.39 is 0 Å². The Morgan fingerprint density at radius 2 is 0.620 bits per heavy atom. The van der Waals surface area contributed by atoms with Crippen LogP contribution in [0.3, 0.4) is 0 Å². The molecule has 12 aromatic carbocycles. The van der Waals surface area contributed by atoms with Gasteiger partial charge in [-0.2, -0.15) is 9.97 Å². The first-order valence-electron chi connectivity index (χ1n) is 31.6. The van der Waals surface area contributed by atoms with Gasteiger partial charge in [-0.05, 0) is 121 Å². The van der Waals surface area contributed by atoms with Crippen LogP contribution >= 0.6 is 0 Å². The molecule has 0 saturated carbocycles. The first kappa shape index (κ1) is 54.5. The first-order chi connectivity index (χ1) is 45.1. The van der Waals surface area contributed by atoms with Crippen LogP contribution < -0.4 is 0 Å². The van der Waals surface area contributed by atoms with Gasteiger partial charge in [0, 0.05) is 54.6 Å². The molecule has 0 fully saturated rings. The summed E-state index contributed by atoms with van der Waals surface area (Å²) in [4.78, 5) is 25.9. The van der Waals surface area contributed by atoms with Gasteiger partial charge in [-0.25, -0.2) is 15.0 Å². The van der Waals surface area contributed by atoms with Crippen LogP contribution in [0.1, 0.15) is 49.9 Å². The van der Waals surface area contributed by atoms with Crippen molar-refractivity contribution < 1.29 is 0 Å². The summed E-state index contributed by atoms with van der Waals surface area (Å²) in [5, 5.41) is 4.76. The van der Waals surface area contributed by atoms with Crippen LogP contribution in [0.15, 0.2) is 297 Å². The van der Waals surface area contributed by atoms with Gasteiger partial charge in [-0.15, -0.1) is 0 Å². The summed E-state index contributed by atoms with van der Waals surface area (Å²) in [6.07, 6.45) is 0. The molecular weight excluding hydrogens is 1120 g/mol. The molecule has 7 heteroatoms. The van der Waals surface area contributed by atoms with Gasteiger partial charge in [0.15, 0.2) is 11.6 Å². The van der Waals surface area contributed by atoms with E-state index in [9.17, 15) is 0 Å². The summed E-state index contributed by atoms with van der Waals surface area (Å²) >= 11 is 0. The van der Waals surface area contributed by atoms with Gasteiger partial charge < -0.3 is 0 Å². The molecule has 0 aliphatic heterocycles. The van der Waals surface area contributed by atoms with Crippen molar-refractivity contribution >= 4 is 43.6 Å². The van der Waals surface area contributed by atoms with Crippen LogP contribution in [0.25, 0.3) is 145 Å². The molecule has 92 heavy (non-hydrogen) atoms. The SMILES string of the molecule is CC1(C)c2ccccc2-c2cc3c4cc(-c5ccccc5)ccc4n(-c4nc(-c5ccccc5)nc(-c5ccccc5)n4)c3cc21.CC1(C)c2ccccc2-c2cc3c4ccccc4n(-c4nc(-c5ccccc5)cc(-c5cccc(-c6ccccc6)c5)n4)c3cc21. The molecule has 0 amide bonds. The Kier molecular flexibility index (Phi) is 12.8. The number of aromatic nitrogens is 7. The Morgan fingerprint density at radius 1 is 0.228 bits per heavy atom. The van der Waals surface area contributed by atoms with Crippen LogP contribution in [-0.2, 0) is 10.8 Å². The maximum Gasteiger partial charge on any atom is 0.238 e. The van der Waals surface area contributed by atoms with Crippen LogP contribution in [0.5, 0.6) is 0 Å².